The largest absolute Gasteiger partial charge is 0.493 e. The lowest BCUT2D eigenvalue weighted by Gasteiger charge is -2.38. The summed E-state index contributed by atoms with van der Waals surface area (Å²) < 4.78 is 22.4. The smallest absolute Gasteiger partial charge is 0.410 e. The number of likely N-dealkylation sites (N-methyl/N-ethyl adjacent to an activating group) is 1. The number of nitrogens with zero attached hydrogens (tertiary/aromatic N) is 1. The summed E-state index contributed by atoms with van der Waals surface area (Å²) in [6.45, 7) is 18.0. The van der Waals surface area contributed by atoms with Crippen molar-refractivity contribution in [3.05, 3.63) is 23.8 Å². The van der Waals surface area contributed by atoms with Crippen molar-refractivity contribution < 1.29 is 38.4 Å². The maximum atomic E-state index is 13.4. The van der Waals surface area contributed by atoms with Gasteiger partial charge in [0.2, 0.25) is 11.8 Å². The number of benzene rings is 1. The molecule has 0 unspecified atom stereocenters. The highest BCUT2D eigenvalue weighted by molar-refractivity contribution is 5.83. The SMILES string of the molecule is COCCCOc1cc(C[C@@H](C[C@@H]([C@H](O)C[C@H](C(=O)NCC(C)(C)C(N)=O)C(C)C)N(C)C(=O)OC(C)(C)C)C(C)C)ccc1OC. The Labute approximate surface area is 283 Å². The molecule has 0 bridgehead atoms. The molecular formula is C36H63N3O8. The van der Waals surface area contributed by atoms with Crippen LogP contribution in [0.15, 0.2) is 18.2 Å². The van der Waals surface area contributed by atoms with Gasteiger partial charge in [0, 0.05) is 39.6 Å². The predicted molar refractivity (Wildman–Crippen MR) is 184 cm³/mol. The maximum absolute atomic E-state index is 13.4. The Morgan fingerprint density at radius 3 is 2.11 bits per heavy atom. The Balaban J connectivity index is 3.36. The van der Waals surface area contributed by atoms with Crippen LogP contribution in [-0.4, -0.2) is 86.7 Å². The zero-order valence-electron chi connectivity index (χ0n) is 31.0. The third-order valence-electron chi connectivity index (χ3n) is 8.59. The molecule has 0 saturated heterocycles. The summed E-state index contributed by atoms with van der Waals surface area (Å²) in [5, 5.41) is 14.7. The van der Waals surface area contributed by atoms with Crippen LogP contribution in [0.5, 0.6) is 11.5 Å². The van der Waals surface area contributed by atoms with E-state index in [0.29, 0.717) is 37.6 Å². The molecule has 11 nitrogen and oxygen atoms in total. The Kier molecular flexibility index (Phi) is 17.0. The van der Waals surface area contributed by atoms with Crippen molar-refractivity contribution in [1.29, 1.82) is 0 Å². The van der Waals surface area contributed by atoms with Gasteiger partial charge in [-0.25, -0.2) is 4.79 Å². The Morgan fingerprint density at radius 1 is 0.957 bits per heavy atom. The fourth-order valence-electron chi connectivity index (χ4n) is 5.22. The minimum absolute atomic E-state index is 0.0527. The van der Waals surface area contributed by atoms with Gasteiger partial charge in [0.1, 0.15) is 5.60 Å². The molecular weight excluding hydrogens is 602 g/mol. The molecule has 1 rings (SSSR count). The van der Waals surface area contributed by atoms with E-state index >= 15 is 0 Å². The van der Waals surface area contributed by atoms with Crippen molar-refractivity contribution >= 4 is 17.9 Å². The number of rotatable bonds is 20. The van der Waals surface area contributed by atoms with Gasteiger partial charge >= 0.3 is 6.09 Å². The average Bonchev–Trinajstić information content (AvgIpc) is 2.97. The summed E-state index contributed by atoms with van der Waals surface area (Å²) in [5.74, 6) is 0.0698. The third-order valence-corrected chi connectivity index (χ3v) is 8.59. The molecule has 0 saturated carbocycles. The number of nitrogens with two attached hydrogens (primary N) is 1. The van der Waals surface area contributed by atoms with Crippen LogP contribution in [0.4, 0.5) is 4.79 Å². The predicted octanol–water partition coefficient (Wildman–Crippen LogP) is 5.20. The minimum Gasteiger partial charge on any atom is -0.493 e. The van der Waals surface area contributed by atoms with Gasteiger partial charge in [0.15, 0.2) is 11.5 Å². The molecule has 0 aromatic heterocycles. The van der Waals surface area contributed by atoms with Crippen LogP contribution >= 0.6 is 0 Å². The van der Waals surface area contributed by atoms with E-state index in [1.165, 1.54) is 4.90 Å². The number of hydrogen-bond acceptors (Lipinski definition) is 8. The molecule has 3 amide bonds. The number of primary amides is 1. The first-order chi connectivity index (χ1) is 21.7. The lowest BCUT2D eigenvalue weighted by Crippen LogP contribution is -2.50. The first-order valence-electron chi connectivity index (χ1n) is 16.7. The first-order valence-corrected chi connectivity index (χ1v) is 16.7. The van der Waals surface area contributed by atoms with Crippen molar-refractivity contribution in [3.63, 3.8) is 0 Å². The molecule has 0 aliphatic rings. The summed E-state index contributed by atoms with van der Waals surface area (Å²) in [6.07, 6.45) is 0.405. The third kappa shape index (κ3) is 14.3. The van der Waals surface area contributed by atoms with E-state index in [0.717, 1.165) is 12.0 Å². The van der Waals surface area contributed by atoms with Crippen molar-refractivity contribution in [2.75, 3.05) is 41.0 Å². The Morgan fingerprint density at radius 2 is 1.60 bits per heavy atom. The Bertz CT molecular complexity index is 1130. The van der Waals surface area contributed by atoms with Gasteiger partial charge in [-0.3, -0.25) is 9.59 Å². The fraction of sp³-hybridized carbons (Fsp3) is 0.750. The average molecular weight is 666 g/mol. The van der Waals surface area contributed by atoms with E-state index in [2.05, 4.69) is 19.2 Å². The number of carbonyl (C=O) groups excluding carboxylic acids is 3. The molecule has 4 atom stereocenters. The number of methoxy groups -OCH3 is 2. The molecule has 0 radical (unpaired) electrons. The van der Waals surface area contributed by atoms with Crippen molar-refractivity contribution in [3.8, 4) is 11.5 Å². The number of hydrogen-bond donors (Lipinski definition) is 3. The standard InChI is InChI=1S/C36H63N3O8/c1-23(2)26(18-25-14-15-30(45-12)31(19-25)46-17-13-16-44-11)20-28(39(10)34(43)47-35(5,6)7)29(40)21-27(24(3)4)32(41)38-22-36(8,9)33(37)42/h14-15,19,23-24,26-29,40H,13,16-18,20-22H2,1-12H3,(H2,37,42)(H,38,41)/t26-,27-,28-,29+/m0/s1. The Hall–Kier alpha value is -3.05. The normalized spacial score (nSPS) is 14.7. The van der Waals surface area contributed by atoms with Crippen LogP contribution in [0.2, 0.25) is 0 Å². The van der Waals surface area contributed by atoms with Crippen LogP contribution in [0.3, 0.4) is 0 Å². The van der Waals surface area contributed by atoms with Crippen molar-refractivity contribution in [2.45, 2.75) is 106 Å². The van der Waals surface area contributed by atoms with Gasteiger partial charge in [-0.15, -0.1) is 0 Å². The van der Waals surface area contributed by atoms with Gasteiger partial charge in [0.25, 0.3) is 0 Å². The van der Waals surface area contributed by atoms with E-state index in [4.69, 9.17) is 24.7 Å². The van der Waals surface area contributed by atoms with Gasteiger partial charge in [0.05, 0.1) is 31.3 Å². The van der Waals surface area contributed by atoms with Crippen molar-refractivity contribution in [1.82, 2.24) is 10.2 Å². The lowest BCUT2D eigenvalue weighted by molar-refractivity contribution is -0.130. The number of carbonyl (C=O) groups is 3. The molecule has 47 heavy (non-hydrogen) atoms. The summed E-state index contributed by atoms with van der Waals surface area (Å²) in [7, 11) is 4.90. The summed E-state index contributed by atoms with van der Waals surface area (Å²) in [6, 6.07) is 5.24. The van der Waals surface area contributed by atoms with E-state index in [1.54, 1.807) is 55.9 Å². The van der Waals surface area contributed by atoms with Crippen LogP contribution in [0.25, 0.3) is 0 Å². The van der Waals surface area contributed by atoms with E-state index in [9.17, 15) is 19.5 Å². The van der Waals surface area contributed by atoms with E-state index in [1.807, 2.05) is 32.0 Å². The minimum atomic E-state index is -1.04. The zero-order valence-corrected chi connectivity index (χ0v) is 31.0. The van der Waals surface area contributed by atoms with Crippen LogP contribution in [0.1, 0.15) is 87.1 Å². The molecule has 4 N–H and O–H groups in total. The number of nitrogens with one attached hydrogen (secondary N) is 1. The number of aliphatic hydroxyl groups excluding tert-OH is 1. The maximum Gasteiger partial charge on any atom is 0.410 e. The molecule has 11 heteroatoms. The second-order valence-corrected chi connectivity index (χ2v) is 14.9. The molecule has 0 aliphatic carbocycles. The second-order valence-electron chi connectivity index (χ2n) is 14.9. The van der Waals surface area contributed by atoms with E-state index in [-0.39, 0.29) is 36.6 Å². The number of amides is 3. The van der Waals surface area contributed by atoms with Crippen LogP contribution < -0.4 is 20.5 Å². The second kappa shape index (κ2) is 19.1. The van der Waals surface area contributed by atoms with Gasteiger partial charge < -0.3 is 40.0 Å². The summed E-state index contributed by atoms with van der Waals surface area (Å²) in [5.41, 5.74) is 4.89. The molecule has 270 valence electrons. The molecule has 0 spiro atoms. The summed E-state index contributed by atoms with van der Waals surface area (Å²) in [4.78, 5) is 40.0. The van der Waals surface area contributed by atoms with Crippen LogP contribution in [-0.2, 0) is 25.5 Å². The van der Waals surface area contributed by atoms with Crippen LogP contribution in [0, 0.1) is 29.1 Å². The van der Waals surface area contributed by atoms with Gasteiger partial charge in [-0.2, -0.15) is 0 Å². The molecule has 0 heterocycles. The highest BCUT2D eigenvalue weighted by Crippen LogP contribution is 2.33. The fourth-order valence-corrected chi connectivity index (χ4v) is 5.22. The molecule has 0 fully saturated rings. The molecule has 1 aromatic rings. The first kappa shape index (κ1) is 42.0. The quantitative estimate of drug-likeness (QED) is 0.161. The molecule has 0 aliphatic heterocycles. The number of aliphatic hydroxyl groups is 1. The topological polar surface area (TPSA) is 150 Å². The highest BCUT2D eigenvalue weighted by atomic mass is 16.6. The number of ether oxygens (including phenoxy) is 4. The monoisotopic (exact) mass is 665 g/mol. The van der Waals surface area contributed by atoms with Crippen molar-refractivity contribution in [2.24, 2.45) is 34.8 Å². The van der Waals surface area contributed by atoms with E-state index < -0.39 is 41.1 Å². The molecule has 1 aromatic carbocycles. The lowest BCUT2D eigenvalue weighted by atomic mass is 9.80. The van der Waals surface area contributed by atoms with Gasteiger partial charge in [-0.05, 0) is 89.3 Å². The highest BCUT2D eigenvalue weighted by Gasteiger charge is 2.37. The zero-order chi connectivity index (χ0) is 36.1. The summed E-state index contributed by atoms with van der Waals surface area (Å²) >= 11 is 0. The van der Waals surface area contributed by atoms with Gasteiger partial charge in [-0.1, -0.05) is 33.8 Å².